The van der Waals surface area contributed by atoms with Crippen LogP contribution in [0.15, 0.2) is 28.7 Å². The molecule has 4 nitrogen and oxygen atoms in total. The third-order valence-electron chi connectivity index (χ3n) is 2.80. The van der Waals surface area contributed by atoms with Gasteiger partial charge in [-0.1, -0.05) is 24.6 Å². The van der Waals surface area contributed by atoms with E-state index in [1.54, 1.807) is 11.8 Å². The summed E-state index contributed by atoms with van der Waals surface area (Å²) in [6.07, 6.45) is 0. The van der Waals surface area contributed by atoms with E-state index in [1.807, 2.05) is 24.3 Å². The van der Waals surface area contributed by atoms with E-state index in [9.17, 15) is 0 Å². The van der Waals surface area contributed by atoms with Crippen molar-refractivity contribution >= 4 is 11.8 Å². The van der Waals surface area contributed by atoms with Gasteiger partial charge in [-0.3, -0.25) is 0 Å². The largest absolute Gasteiger partial charge is 0.420 e. The minimum Gasteiger partial charge on any atom is -0.420 e. The molecule has 0 amide bonds. The smallest absolute Gasteiger partial charge is 0.247 e. The van der Waals surface area contributed by atoms with Crippen molar-refractivity contribution in [3.05, 3.63) is 35.7 Å². The van der Waals surface area contributed by atoms with Crippen LogP contribution in [0.4, 0.5) is 0 Å². The molecule has 0 saturated heterocycles. The molecule has 0 aliphatic carbocycles. The van der Waals surface area contributed by atoms with Gasteiger partial charge < -0.3 is 10.2 Å². The third kappa shape index (κ3) is 4.08. The Hall–Kier alpha value is -1.33. The third-order valence-corrected chi connectivity index (χ3v) is 4.05. The second-order valence-electron chi connectivity index (χ2n) is 4.72. The summed E-state index contributed by atoms with van der Waals surface area (Å²) in [5, 5.41) is 8.15. The van der Waals surface area contributed by atoms with Gasteiger partial charge in [0.1, 0.15) is 0 Å². The highest BCUT2D eigenvalue weighted by atomic mass is 32.2. The van der Waals surface area contributed by atoms with Crippen molar-refractivity contribution in [2.24, 2.45) is 11.7 Å². The van der Waals surface area contributed by atoms with Crippen molar-refractivity contribution < 1.29 is 4.42 Å². The summed E-state index contributed by atoms with van der Waals surface area (Å²) in [6.45, 7) is 4.91. The van der Waals surface area contributed by atoms with Crippen LogP contribution in [0.2, 0.25) is 0 Å². The Labute approximate surface area is 117 Å². The zero-order chi connectivity index (χ0) is 13.7. The Morgan fingerprint density at radius 1 is 1.26 bits per heavy atom. The van der Waals surface area contributed by atoms with Crippen LogP contribution >= 0.6 is 11.8 Å². The first kappa shape index (κ1) is 14.1. The summed E-state index contributed by atoms with van der Waals surface area (Å²) in [5.41, 5.74) is 7.76. The van der Waals surface area contributed by atoms with Crippen LogP contribution in [-0.4, -0.2) is 22.5 Å². The Balaban J connectivity index is 1.93. The first-order chi connectivity index (χ1) is 9.19. The summed E-state index contributed by atoms with van der Waals surface area (Å²) >= 11 is 1.77. The Bertz CT molecular complexity index is 510. The number of benzene rings is 1. The predicted octanol–water partition coefficient (Wildman–Crippen LogP) is 2.87. The molecule has 1 unspecified atom stereocenters. The van der Waals surface area contributed by atoms with E-state index in [-0.39, 0.29) is 0 Å². The summed E-state index contributed by atoms with van der Waals surface area (Å²) in [4.78, 5) is 0. The number of rotatable bonds is 6. The molecule has 0 fully saturated rings. The van der Waals surface area contributed by atoms with E-state index in [2.05, 4.69) is 24.0 Å². The van der Waals surface area contributed by atoms with Gasteiger partial charge in [-0.2, -0.15) is 11.8 Å². The van der Waals surface area contributed by atoms with Gasteiger partial charge in [-0.05, 0) is 37.3 Å². The standard InChI is InChI=1S/C14H19N3OS/c1-10-3-5-12(6-4-10)14-17-16-13(18-14)9-19-8-11(2)7-15/h3-6,11H,7-9,15H2,1-2H3. The molecule has 0 bridgehead atoms. The van der Waals surface area contributed by atoms with Gasteiger partial charge in [0, 0.05) is 5.56 Å². The lowest BCUT2D eigenvalue weighted by molar-refractivity contribution is 0.528. The van der Waals surface area contributed by atoms with Crippen molar-refractivity contribution in [1.82, 2.24) is 10.2 Å². The number of aryl methyl sites for hydroxylation is 1. The predicted molar refractivity (Wildman–Crippen MR) is 78.9 cm³/mol. The van der Waals surface area contributed by atoms with Crippen molar-refractivity contribution in [1.29, 1.82) is 0 Å². The maximum absolute atomic E-state index is 5.65. The zero-order valence-electron chi connectivity index (χ0n) is 11.3. The highest BCUT2D eigenvalue weighted by Crippen LogP contribution is 2.21. The number of thioether (sulfide) groups is 1. The molecule has 102 valence electrons. The van der Waals surface area contributed by atoms with Gasteiger partial charge in [0.05, 0.1) is 5.75 Å². The highest BCUT2D eigenvalue weighted by molar-refractivity contribution is 7.98. The molecule has 0 saturated carbocycles. The lowest BCUT2D eigenvalue weighted by atomic mass is 10.1. The fourth-order valence-electron chi connectivity index (χ4n) is 1.54. The molecule has 19 heavy (non-hydrogen) atoms. The average molecular weight is 277 g/mol. The van der Waals surface area contributed by atoms with Crippen LogP contribution in [0.5, 0.6) is 0 Å². The van der Waals surface area contributed by atoms with Crippen molar-refractivity contribution in [3.8, 4) is 11.5 Å². The van der Waals surface area contributed by atoms with Crippen molar-refractivity contribution in [2.45, 2.75) is 19.6 Å². The Morgan fingerprint density at radius 3 is 2.68 bits per heavy atom. The molecule has 0 spiro atoms. The number of nitrogens with two attached hydrogens (primary N) is 1. The van der Waals surface area contributed by atoms with E-state index >= 15 is 0 Å². The van der Waals surface area contributed by atoms with Crippen LogP contribution in [0.25, 0.3) is 11.5 Å². The fourth-order valence-corrected chi connectivity index (χ4v) is 2.49. The van der Waals surface area contributed by atoms with Crippen LogP contribution in [0.1, 0.15) is 18.4 Å². The quantitative estimate of drug-likeness (QED) is 0.879. The Morgan fingerprint density at radius 2 is 2.00 bits per heavy atom. The number of hydrogen-bond acceptors (Lipinski definition) is 5. The summed E-state index contributed by atoms with van der Waals surface area (Å²) in [6, 6.07) is 8.07. The Kier molecular flexibility index (Phi) is 4.99. The van der Waals surface area contributed by atoms with Gasteiger partial charge in [0.2, 0.25) is 11.8 Å². The summed E-state index contributed by atoms with van der Waals surface area (Å²) < 4.78 is 5.65. The van der Waals surface area contributed by atoms with E-state index < -0.39 is 0 Å². The molecule has 1 heterocycles. The normalized spacial score (nSPS) is 12.6. The molecule has 1 aromatic heterocycles. The van der Waals surface area contributed by atoms with E-state index in [1.165, 1.54) is 5.56 Å². The van der Waals surface area contributed by atoms with Gasteiger partial charge >= 0.3 is 0 Å². The second kappa shape index (κ2) is 6.73. The molecule has 5 heteroatoms. The fraction of sp³-hybridized carbons (Fsp3) is 0.429. The van der Waals surface area contributed by atoms with Gasteiger partial charge in [0.25, 0.3) is 0 Å². The SMILES string of the molecule is Cc1ccc(-c2nnc(CSCC(C)CN)o2)cc1. The van der Waals surface area contributed by atoms with Gasteiger partial charge in [-0.15, -0.1) is 10.2 Å². The molecule has 2 rings (SSSR count). The number of nitrogens with zero attached hydrogens (tertiary/aromatic N) is 2. The zero-order valence-corrected chi connectivity index (χ0v) is 12.1. The molecular formula is C14H19N3OS. The molecular weight excluding hydrogens is 258 g/mol. The second-order valence-corrected chi connectivity index (χ2v) is 5.75. The topological polar surface area (TPSA) is 64.9 Å². The molecule has 0 aliphatic rings. The molecule has 2 N–H and O–H groups in total. The van der Waals surface area contributed by atoms with Crippen LogP contribution in [0.3, 0.4) is 0 Å². The number of hydrogen-bond donors (Lipinski definition) is 1. The van der Waals surface area contributed by atoms with E-state index in [4.69, 9.17) is 10.2 Å². The first-order valence-electron chi connectivity index (χ1n) is 6.36. The molecule has 0 radical (unpaired) electrons. The van der Waals surface area contributed by atoms with E-state index in [0.29, 0.717) is 24.2 Å². The first-order valence-corrected chi connectivity index (χ1v) is 7.51. The minimum absolute atomic E-state index is 0.518. The maximum Gasteiger partial charge on any atom is 0.247 e. The monoisotopic (exact) mass is 277 g/mol. The number of aromatic nitrogens is 2. The maximum atomic E-state index is 5.65. The molecule has 2 aromatic rings. The lowest BCUT2D eigenvalue weighted by Crippen LogP contribution is -2.12. The van der Waals surface area contributed by atoms with E-state index in [0.717, 1.165) is 17.1 Å². The summed E-state index contributed by atoms with van der Waals surface area (Å²) in [5.74, 6) is 3.53. The van der Waals surface area contributed by atoms with Gasteiger partial charge in [0.15, 0.2) is 0 Å². The van der Waals surface area contributed by atoms with Crippen molar-refractivity contribution in [3.63, 3.8) is 0 Å². The van der Waals surface area contributed by atoms with Crippen LogP contribution in [0, 0.1) is 12.8 Å². The van der Waals surface area contributed by atoms with Crippen LogP contribution < -0.4 is 5.73 Å². The average Bonchev–Trinajstić information content (AvgIpc) is 2.88. The van der Waals surface area contributed by atoms with Crippen molar-refractivity contribution in [2.75, 3.05) is 12.3 Å². The molecule has 1 aromatic carbocycles. The summed E-state index contributed by atoms with van der Waals surface area (Å²) in [7, 11) is 0. The van der Waals surface area contributed by atoms with Crippen LogP contribution in [-0.2, 0) is 5.75 Å². The minimum atomic E-state index is 0.518. The van der Waals surface area contributed by atoms with Gasteiger partial charge in [-0.25, -0.2) is 0 Å². The molecule has 1 atom stereocenters. The highest BCUT2D eigenvalue weighted by Gasteiger charge is 2.09. The lowest BCUT2D eigenvalue weighted by Gasteiger charge is -2.05. The molecule has 0 aliphatic heterocycles.